The molecular weight excluding hydrogens is 580 g/mol. The van der Waals surface area contributed by atoms with Crippen LogP contribution in [0.2, 0.25) is 0 Å². The third kappa shape index (κ3) is 8.51. The van der Waals surface area contributed by atoms with Crippen molar-refractivity contribution in [3.05, 3.63) is 28.6 Å². The number of benzene rings is 1. The zero-order valence-electron chi connectivity index (χ0n) is 23.9. The van der Waals surface area contributed by atoms with Gasteiger partial charge in [0.05, 0.1) is 5.39 Å². The first-order chi connectivity index (χ1) is 20.2. The highest BCUT2D eigenvalue weighted by atomic mass is 16.7. The zero-order chi connectivity index (χ0) is 32.0. The maximum Gasteiger partial charge on any atom is 0.383 e. The number of hydrogen-bond donors (Lipinski definition) is 0. The minimum Gasteiger partial charge on any atom is -0.463 e. The van der Waals surface area contributed by atoms with Gasteiger partial charge in [0.2, 0.25) is 12.4 Å². The molecule has 3 rings (SSSR count). The largest absolute Gasteiger partial charge is 0.463 e. The molecule has 1 aliphatic rings. The highest BCUT2D eigenvalue weighted by Gasteiger charge is 2.53. The molecule has 0 radical (unpaired) electrons. The lowest BCUT2D eigenvalue weighted by Crippen LogP contribution is -2.63. The monoisotopic (exact) mass is 608 g/mol. The molecule has 1 aliphatic heterocycles. The lowest BCUT2D eigenvalue weighted by molar-refractivity contribution is -0.288. The van der Waals surface area contributed by atoms with E-state index in [-0.39, 0.29) is 16.7 Å². The summed E-state index contributed by atoms with van der Waals surface area (Å²) in [6.07, 6.45) is -7.85. The van der Waals surface area contributed by atoms with Crippen molar-refractivity contribution in [1.82, 2.24) is 0 Å². The standard InChI is InChI=1S/C27H28O16/c1-11(28)35-10-20-22(37-13(3)30)23(38-14(4)31)25(40-16(6)33)27(42-20)43-21-18-8-7-17(36-12(2)29)9-19(18)41-26(34)24(21)39-15(5)32/h7-9,20,22-23,25,27H,10H2,1-6H3/t20-,22-,23+,25+,27+/m1/s1. The third-order valence-corrected chi connectivity index (χ3v) is 5.48. The predicted molar refractivity (Wildman–Crippen MR) is 138 cm³/mol. The summed E-state index contributed by atoms with van der Waals surface area (Å²) in [5.74, 6) is -6.13. The molecule has 0 aliphatic carbocycles. The molecule has 16 heteroatoms. The fraction of sp³-hybridized carbons (Fsp3) is 0.444. The molecule has 16 nitrogen and oxygen atoms in total. The van der Waals surface area contributed by atoms with Gasteiger partial charge in [0.1, 0.15) is 24.0 Å². The average Bonchev–Trinajstić information content (AvgIpc) is 2.86. The summed E-state index contributed by atoms with van der Waals surface area (Å²) in [7, 11) is 0. The van der Waals surface area contributed by atoms with Crippen molar-refractivity contribution in [3.63, 3.8) is 0 Å². The van der Waals surface area contributed by atoms with E-state index in [0.717, 1.165) is 41.5 Å². The SMILES string of the molecule is CC(=O)OC[C@H]1O[C@@H](Oc2c(OC(C)=O)c(=O)oc3cc(OC(C)=O)ccc23)[C@@H](OC(C)=O)[C@@H](OC(C)=O)[C@@H]1OC(C)=O. The number of ether oxygens (including phenoxy) is 8. The van der Waals surface area contributed by atoms with Gasteiger partial charge in [0, 0.05) is 47.6 Å². The van der Waals surface area contributed by atoms with Crippen LogP contribution in [0.15, 0.2) is 27.4 Å². The zero-order valence-corrected chi connectivity index (χ0v) is 23.9. The van der Waals surface area contributed by atoms with E-state index in [1.165, 1.54) is 18.2 Å². The Labute approximate surface area is 243 Å². The van der Waals surface area contributed by atoms with Gasteiger partial charge in [-0.2, -0.15) is 0 Å². The molecule has 0 bridgehead atoms. The molecule has 0 unspecified atom stereocenters. The van der Waals surface area contributed by atoms with Gasteiger partial charge in [-0.05, 0) is 12.1 Å². The summed E-state index contributed by atoms with van der Waals surface area (Å²) < 4.78 is 48.3. The molecule has 2 heterocycles. The lowest BCUT2D eigenvalue weighted by Gasteiger charge is -2.44. The molecule has 0 saturated carbocycles. The van der Waals surface area contributed by atoms with E-state index < -0.39 is 90.3 Å². The van der Waals surface area contributed by atoms with Crippen LogP contribution in [0, 0.1) is 0 Å². The maximum atomic E-state index is 12.9. The molecule has 0 N–H and O–H groups in total. The fourth-order valence-corrected chi connectivity index (χ4v) is 4.11. The van der Waals surface area contributed by atoms with Crippen molar-refractivity contribution >= 4 is 46.8 Å². The van der Waals surface area contributed by atoms with Gasteiger partial charge in [-0.15, -0.1) is 0 Å². The van der Waals surface area contributed by atoms with Crippen LogP contribution < -0.4 is 19.8 Å². The molecule has 2 aromatic rings. The maximum absolute atomic E-state index is 12.9. The van der Waals surface area contributed by atoms with Crippen LogP contribution >= 0.6 is 0 Å². The molecule has 1 aromatic heterocycles. The summed E-state index contributed by atoms with van der Waals surface area (Å²) in [5.41, 5.74) is -1.37. The van der Waals surface area contributed by atoms with Crippen LogP contribution in [0.1, 0.15) is 41.5 Å². The van der Waals surface area contributed by atoms with Gasteiger partial charge < -0.3 is 42.3 Å². The van der Waals surface area contributed by atoms with E-state index in [1.807, 2.05) is 0 Å². The second-order valence-electron chi connectivity index (χ2n) is 9.08. The molecule has 1 fully saturated rings. The first-order valence-corrected chi connectivity index (χ1v) is 12.6. The number of carbonyl (C=O) groups is 6. The van der Waals surface area contributed by atoms with Gasteiger partial charge >= 0.3 is 41.4 Å². The Balaban J connectivity index is 2.22. The third-order valence-electron chi connectivity index (χ3n) is 5.48. The second-order valence-corrected chi connectivity index (χ2v) is 9.08. The van der Waals surface area contributed by atoms with Crippen LogP contribution in [0.3, 0.4) is 0 Å². The quantitative estimate of drug-likeness (QED) is 0.169. The Hall–Kier alpha value is -4.99. The van der Waals surface area contributed by atoms with Crippen LogP contribution in [-0.4, -0.2) is 73.1 Å². The van der Waals surface area contributed by atoms with E-state index in [0.29, 0.717) is 0 Å². The minimum atomic E-state index is -1.77. The first kappa shape index (κ1) is 32.5. The first-order valence-electron chi connectivity index (χ1n) is 12.6. The topological polar surface area (TPSA) is 206 Å². The molecule has 1 saturated heterocycles. The predicted octanol–water partition coefficient (Wildman–Crippen LogP) is 1.11. The van der Waals surface area contributed by atoms with Crippen LogP contribution in [-0.2, 0) is 52.5 Å². The van der Waals surface area contributed by atoms with Gasteiger partial charge in [-0.1, -0.05) is 0 Å². The van der Waals surface area contributed by atoms with Crippen molar-refractivity contribution in [3.8, 4) is 17.2 Å². The van der Waals surface area contributed by atoms with Crippen molar-refractivity contribution in [1.29, 1.82) is 0 Å². The summed E-state index contributed by atoms with van der Waals surface area (Å²) in [6.45, 7) is 5.85. The molecule has 1 aromatic carbocycles. The van der Waals surface area contributed by atoms with E-state index in [4.69, 9.17) is 42.3 Å². The van der Waals surface area contributed by atoms with Gasteiger partial charge in [-0.25, -0.2) is 4.79 Å². The van der Waals surface area contributed by atoms with Crippen molar-refractivity contribution in [2.75, 3.05) is 6.61 Å². The van der Waals surface area contributed by atoms with Gasteiger partial charge in [0.25, 0.3) is 5.75 Å². The molecule has 0 amide bonds. The van der Waals surface area contributed by atoms with E-state index in [9.17, 15) is 33.6 Å². The van der Waals surface area contributed by atoms with E-state index >= 15 is 0 Å². The number of fused-ring (bicyclic) bond motifs is 1. The van der Waals surface area contributed by atoms with Crippen molar-refractivity contribution in [2.24, 2.45) is 0 Å². The van der Waals surface area contributed by atoms with Gasteiger partial charge in [-0.3, -0.25) is 28.8 Å². The van der Waals surface area contributed by atoms with E-state index in [2.05, 4.69) is 0 Å². The molecule has 0 spiro atoms. The van der Waals surface area contributed by atoms with Crippen molar-refractivity contribution < 1.29 is 71.1 Å². The second kappa shape index (κ2) is 13.8. The molecule has 5 atom stereocenters. The summed E-state index contributed by atoms with van der Waals surface area (Å²) in [5, 5.41) is -0.000362. The number of rotatable bonds is 9. The Morgan fingerprint density at radius 3 is 1.84 bits per heavy atom. The van der Waals surface area contributed by atoms with Crippen molar-refractivity contribution in [2.45, 2.75) is 72.2 Å². The lowest BCUT2D eigenvalue weighted by atomic mass is 9.98. The van der Waals surface area contributed by atoms with Crippen LogP contribution in [0.25, 0.3) is 11.0 Å². The summed E-state index contributed by atoms with van der Waals surface area (Å²) in [4.78, 5) is 84.0. The van der Waals surface area contributed by atoms with Crippen LogP contribution in [0.5, 0.6) is 17.2 Å². The highest BCUT2D eigenvalue weighted by molar-refractivity contribution is 5.88. The van der Waals surface area contributed by atoms with E-state index in [1.54, 1.807) is 0 Å². The molecule has 43 heavy (non-hydrogen) atoms. The number of hydrogen-bond acceptors (Lipinski definition) is 16. The Morgan fingerprint density at radius 2 is 1.28 bits per heavy atom. The Bertz CT molecular complexity index is 1490. The van der Waals surface area contributed by atoms with Crippen LogP contribution in [0.4, 0.5) is 0 Å². The Morgan fingerprint density at radius 1 is 0.698 bits per heavy atom. The molecule has 232 valence electrons. The number of carbonyl (C=O) groups excluding carboxylic acids is 6. The Kier molecular flexibility index (Phi) is 10.4. The normalized spacial score (nSPS) is 21.2. The summed E-state index contributed by atoms with van der Waals surface area (Å²) >= 11 is 0. The minimum absolute atomic E-state index is 0.000362. The molecular formula is C27H28O16. The van der Waals surface area contributed by atoms with Gasteiger partial charge in [0.15, 0.2) is 18.0 Å². The summed E-state index contributed by atoms with van der Waals surface area (Å²) in [6, 6.07) is 3.82. The average molecular weight is 609 g/mol. The smallest absolute Gasteiger partial charge is 0.383 e. The number of esters is 6. The highest BCUT2D eigenvalue weighted by Crippen LogP contribution is 2.38. The fourth-order valence-electron chi connectivity index (χ4n) is 4.11.